The minimum Gasteiger partial charge on any atom is -0.407 e. The molecule has 0 fully saturated rings. The van der Waals surface area contributed by atoms with E-state index in [1.807, 2.05) is 54.6 Å². The Morgan fingerprint density at radius 1 is 1.00 bits per heavy atom. The van der Waals surface area contributed by atoms with Crippen LogP contribution < -0.4 is 0 Å². The molecule has 2 aromatic rings. The SMILES string of the molecule is O=C1OC(CCc2ccc(Cl)cc2)=N/C1=C/c1ccccc1. The number of halogens is 1. The highest BCUT2D eigenvalue weighted by Gasteiger charge is 2.22. The van der Waals surface area contributed by atoms with Crippen LogP contribution in [-0.2, 0) is 16.0 Å². The molecule has 110 valence electrons. The Morgan fingerprint density at radius 2 is 1.73 bits per heavy atom. The topological polar surface area (TPSA) is 38.7 Å². The first-order valence-corrected chi connectivity index (χ1v) is 7.39. The number of rotatable bonds is 4. The fourth-order valence-corrected chi connectivity index (χ4v) is 2.30. The minimum atomic E-state index is -0.394. The summed E-state index contributed by atoms with van der Waals surface area (Å²) in [4.78, 5) is 16.1. The fraction of sp³-hybridized carbons (Fsp3) is 0.111. The molecular formula is C18H14ClNO2. The van der Waals surface area contributed by atoms with E-state index in [0.29, 0.717) is 23.0 Å². The van der Waals surface area contributed by atoms with E-state index in [2.05, 4.69) is 4.99 Å². The van der Waals surface area contributed by atoms with Gasteiger partial charge in [0.05, 0.1) is 0 Å². The highest BCUT2D eigenvalue weighted by Crippen LogP contribution is 2.18. The molecule has 0 radical (unpaired) electrons. The van der Waals surface area contributed by atoms with Crippen molar-refractivity contribution < 1.29 is 9.53 Å². The molecule has 1 aliphatic heterocycles. The molecule has 0 unspecified atom stereocenters. The van der Waals surface area contributed by atoms with Gasteiger partial charge in [-0.05, 0) is 35.8 Å². The van der Waals surface area contributed by atoms with Gasteiger partial charge in [0.25, 0.3) is 0 Å². The van der Waals surface area contributed by atoms with Crippen molar-refractivity contribution in [3.05, 3.63) is 76.4 Å². The van der Waals surface area contributed by atoms with Crippen LogP contribution in [0.5, 0.6) is 0 Å². The molecule has 0 bridgehead atoms. The van der Waals surface area contributed by atoms with E-state index in [0.717, 1.165) is 17.5 Å². The second-order valence-corrected chi connectivity index (χ2v) is 5.40. The molecule has 0 saturated heterocycles. The van der Waals surface area contributed by atoms with E-state index in [1.54, 1.807) is 6.08 Å². The zero-order valence-electron chi connectivity index (χ0n) is 11.8. The van der Waals surface area contributed by atoms with E-state index in [9.17, 15) is 4.79 Å². The van der Waals surface area contributed by atoms with Crippen LogP contribution in [0.1, 0.15) is 17.5 Å². The van der Waals surface area contributed by atoms with Gasteiger partial charge in [0.1, 0.15) is 0 Å². The zero-order chi connectivity index (χ0) is 15.4. The van der Waals surface area contributed by atoms with Crippen molar-refractivity contribution in [2.75, 3.05) is 0 Å². The molecule has 0 spiro atoms. The lowest BCUT2D eigenvalue weighted by molar-refractivity contribution is -0.130. The first-order valence-electron chi connectivity index (χ1n) is 7.02. The molecule has 0 aromatic heterocycles. The summed E-state index contributed by atoms with van der Waals surface area (Å²) in [5.74, 6) is 0.0668. The number of carbonyl (C=O) groups is 1. The number of nitrogens with zero attached hydrogens (tertiary/aromatic N) is 1. The van der Waals surface area contributed by atoms with Crippen molar-refractivity contribution >= 4 is 29.5 Å². The minimum absolute atomic E-state index is 0.345. The number of aryl methyl sites for hydroxylation is 1. The number of benzene rings is 2. The van der Waals surface area contributed by atoms with E-state index >= 15 is 0 Å². The Labute approximate surface area is 133 Å². The van der Waals surface area contributed by atoms with Crippen molar-refractivity contribution in [1.29, 1.82) is 0 Å². The normalized spacial score (nSPS) is 15.8. The van der Waals surface area contributed by atoms with Gasteiger partial charge in [-0.15, -0.1) is 0 Å². The number of hydrogen-bond acceptors (Lipinski definition) is 3. The third-order valence-electron chi connectivity index (χ3n) is 3.31. The van der Waals surface area contributed by atoms with Crippen LogP contribution in [-0.4, -0.2) is 11.9 Å². The average Bonchev–Trinajstić information content (AvgIpc) is 2.88. The lowest BCUT2D eigenvalue weighted by atomic mass is 10.1. The summed E-state index contributed by atoms with van der Waals surface area (Å²) < 4.78 is 5.21. The Balaban J connectivity index is 1.68. The monoisotopic (exact) mass is 311 g/mol. The average molecular weight is 312 g/mol. The fourth-order valence-electron chi connectivity index (χ4n) is 2.17. The van der Waals surface area contributed by atoms with E-state index in [4.69, 9.17) is 16.3 Å². The summed E-state index contributed by atoms with van der Waals surface area (Å²) in [5.41, 5.74) is 2.40. The van der Waals surface area contributed by atoms with Gasteiger partial charge in [-0.1, -0.05) is 54.1 Å². The number of ether oxygens (including phenoxy) is 1. The summed E-state index contributed by atoms with van der Waals surface area (Å²) in [6.07, 6.45) is 3.07. The first-order chi connectivity index (χ1) is 10.7. The van der Waals surface area contributed by atoms with E-state index < -0.39 is 5.97 Å². The zero-order valence-corrected chi connectivity index (χ0v) is 12.6. The second-order valence-electron chi connectivity index (χ2n) is 4.96. The molecular weight excluding hydrogens is 298 g/mol. The van der Waals surface area contributed by atoms with Crippen molar-refractivity contribution in [3.63, 3.8) is 0 Å². The number of hydrogen-bond donors (Lipinski definition) is 0. The lowest BCUT2D eigenvalue weighted by Crippen LogP contribution is -2.05. The van der Waals surface area contributed by atoms with Crippen LogP contribution in [0.4, 0.5) is 0 Å². The molecule has 3 nitrogen and oxygen atoms in total. The molecule has 1 heterocycles. The standard InChI is InChI=1S/C18H14ClNO2/c19-15-9-6-13(7-10-15)8-11-17-20-16(18(21)22-17)12-14-4-2-1-3-5-14/h1-7,9-10,12H,8,11H2/b16-12+. The van der Waals surface area contributed by atoms with Gasteiger partial charge in [0.15, 0.2) is 11.6 Å². The van der Waals surface area contributed by atoms with Gasteiger partial charge in [-0.3, -0.25) is 0 Å². The predicted molar refractivity (Wildman–Crippen MR) is 87.7 cm³/mol. The molecule has 4 heteroatoms. The quantitative estimate of drug-likeness (QED) is 0.625. The summed E-state index contributed by atoms with van der Waals surface area (Å²) in [6, 6.07) is 17.2. The molecule has 0 aliphatic carbocycles. The number of cyclic esters (lactones) is 1. The van der Waals surface area contributed by atoms with Gasteiger partial charge in [-0.2, -0.15) is 0 Å². The molecule has 22 heavy (non-hydrogen) atoms. The van der Waals surface area contributed by atoms with Gasteiger partial charge in [-0.25, -0.2) is 9.79 Å². The summed E-state index contributed by atoms with van der Waals surface area (Å²) in [5, 5.41) is 0.710. The molecule has 0 N–H and O–H groups in total. The smallest absolute Gasteiger partial charge is 0.363 e. The number of carbonyl (C=O) groups excluding carboxylic acids is 1. The molecule has 0 atom stereocenters. The van der Waals surface area contributed by atoms with Crippen molar-refractivity contribution in [1.82, 2.24) is 0 Å². The third-order valence-corrected chi connectivity index (χ3v) is 3.56. The van der Waals surface area contributed by atoms with Crippen LogP contribution in [0.3, 0.4) is 0 Å². The summed E-state index contributed by atoms with van der Waals surface area (Å²) in [6.45, 7) is 0. The maximum absolute atomic E-state index is 11.8. The Kier molecular flexibility index (Phi) is 4.35. The molecule has 3 rings (SSSR count). The lowest BCUT2D eigenvalue weighted by Gasteiger charge is -2.00. The van der Waals surface area contributed by atoms with Crippen LogP contribution >= 0.6 is 11.6 Å². The van der Waals surface area contributed by atoms with Gasteiger partial charge < -0.3 is 4.74 Å². The molecule has 0 amide bonds. The second kappa shape index (κ2) is 6.58. The number of aliphatic imine (C=N–C) groups is 1. The van der Waals surface area contributed by atoms with Crippen molar-refractivity contribution in [2.45, 2.75) is 12.8 Å². The van der Waals surface area contributed by atoms with Crippen molar-refractivity contribution in [3.8, 4) is 0 Å². The first kappa shape index (κ1) is 14.5. The van der Waals surface area contributed by atoms with E-state index in [1.165, 1.54) is 0 Å². The summed E-state index contributed by atoms with van der Waals surface area (Å²) >= 11 is 5.85. The third kappa shape index (κ3) is 3.62. The van der Waals surface area contributed by atoms with Crippen LogP contribution in [0.25, 0.3) is 6.08 Å². The predicted octanol–water partition coefficient (Wildman–Crippen LogP) is 4.27. The van der Waals surface area contributed by atoms with Gasteiger partial charge in [0, 0.05) is 11.4 Å². The highest BCUT2D eigenvalue weighted by atomic mass is 35.5. The van der Waals surface area contributed by atoms with Crippen molar-refractivity contribution in [2.24, 2.45) is 4.99 Å². The maximum atomic E-state index is 11.8. The highest BCUT2D eigenvalue weighted by molar-refractivity contribution is 6.30. The van der Waals surface area contributed by atoms with E-state index in [-0.39, 0.29) is 0 Å². The van der Waals surface area contributed by atoms with Crippen LogP contribution in [0.15, 0.2) is 65.3 Å². The summed E-state index contributed by atoms with van der Waals surface area (Å²) in [7, 11) is 0. The van der Waals surface area contributed by atoms with Crippen LogP contribution in [0.2, 0.25) is 5.02 Å². The number of esters is 1. The van der Waals surface area contributed by atoms with Gasteiger partial charge in [0.2, 0.25) is 0 Å². The molecule has 0 saturated carbocycles. The molecule has 2 aromatic carbocycles. The largest absolute Gasteiger partial charge is 0.407 e. The van der Waals surface area contributed by atoms with Crippen LogP contribution in [0, 0.1) is 0 Å². The Morgan fingerprint density at radius 3 is 2.45 bits per heavy atom. The Hall–Kier alpha value is -2.39. The molecule has 1 aliphatic rings. The van der Waals surface area contributed by atoms with Gasteiger partial charge >= 0.3 is 5.97 Å². The Bertz CT molecular complexity index is 733. The maximum Gasteiger partial charge on any atom is 0.363 e.